The van der Waals surface area contributed by atoms with Crippen LogP contribution < -0.4 is 5.32 Å². The average molecular weight is 223 g/mol. The van der Waals surface area contributed by atoms with Crippen molar-refractivity contribution >= 4 is 5.82 Å². The lowest BCUT2D eigenvalue weighted by molar-refractivity contribution is 0.491. The van der Waals surface area contributed by atoms with Gasteiger partial charge in [0.05, 0.1) is 0 Å². The molecular formula is C12H18FN3. The minimum absolute atomic E-state index is 0.478. The minimum atomic E-state index is -0.478. The van der Waals surface area contributed by atoms with Gasteiger partial charge in [-0.15, -0.1) is 0 Å². The number of hydrogen-bond donors (Lipinski definition) is 1. The first kappa shape index (κ1) is 11.3. The summed E-state index contributed by atoms with van der Waals surface area (Å²) in [7, 11) is 0. The van der Waals surface area contributed by atoms with Crippen LogP contribution in [0.1, 0.15) is 38.5 Å². The highest BCUT2D eigenvalue weighted by molar-refractivity contribution is 5.31. The smallest absolute Gasteiger partial charge is 0.217 e. The van der Waals surface area contributed by atoms with E-state index in [1.165, 1.54) is 44.5 Å². The zero-order chi connectivity index (χ0) is 11.2. The molecule has 1 saturated carbocycles. The van der Waals surface area contributed by atoms with Crippen molar-refractivity contribution < 1.29 is 4.39 Å². The van der Waals surface area contributed by atoms with Crippen LogP contribution >= 0.6 is 0 Å². The van der Waals surface area contributed by atoms with Crippen molar-refractivity contribution in [3.63, 3.8) is 0 Å². The second-order valence-electron chi connectivity index (χ2n) is 4.45. The molecule has 16 heavy (non-hydrogen) atoms. The van der Waals surface area contributed by atoms with E-state index in [1.54, 1.807) is 0 Å². The van der Waals surface area contributed by atoms with Crippen LogP contribution in [0.5, 0.6) is 0 Å². The van der Waals surface area contributed by atoms with Gasteiger partial charge in [-0.1, -0.05) is 25.7 Å². The summed E-state index contributed by atoms with van der Waals surface area (Å²) in [5.74, 6) is 1.02. The first-order valence-corrected chi connectivity index (χ1v) is 6.06. The van der Waals surface area contributed by atoms with Crippen molar-refractivity contribution in [2.45, 2.75) is 38.5 Å². The second kappa shape index (κ2) is 5.77. The summed E-state index contributed by atoms with van der Waals surface area (Å²) >= 11 is 0. The zero-order valence-electron chi connectivity index (χ0n) is 9.45. The predicted octanol–water partition coefficient (Wildman–Crippen LogP) is 3.00. The average Bonchev–Trinajstić information content (AvgIpc) is 2.77. The van der Waals surface area contributed by atoms with Crippen LogP contribution in [0, 0.1) is 11.9 Å². The van der Waals surface area contributed by atoms with Crippen molar-refractivity contribution in [3.8, 4) is 0 Å². The van der Waals surface area contributed by atoms with Gasteiger partial charge < -0.3 is 5.32 Å². The fraction of sp³-hybridized carbons (Fsp3) is 0.667. The van der Waals surface area contributed by atoms with Gasteiger partial charge in [0.15, 0.2) is 0 Å². The SMILES string of the molecule is Fc1cc(NCCCC2CCCC2)ncn1. The molecule has 88 valence electrons. The summed E-state index contributed by atoms with van der Waals surface area (Å²) in [5.41, 5.74) is 0. The Morgan fingerprint density at radius 2 is 2.12 bits per heavy atom. The first-order valence-electron chi connectivity index (χ1n) is 6.06. The fourth-order valence-corrected chi connectivity index (χ4v) is 2.34. The second-order valence-corrected chi connectivity index (χ2v) is 4.45. The van der Waals surface area contributed by atoms with Crippen LogP contribution in [0.4, 0.5) is 10.2 Å². The monoisotopic (exact) mass is 223 g/mol. The predicted molar refractivity (Wildman–Crippen MR) is 61.7 cm³/mol. The number of nitrogens with one attached hydrogen (secondary N) is 1. The van der Waals surface area contributed by atoms with E-state index in [0.29, 0.717) is 5.82 Å². The maximum Gasteiger partial charge on any atom is 0.217 e. The molecule has 4 heteroatoms. The molecule has 1 aromatic heterocycles. The van der Waals surface area contributed by atoms with E-state index in [1.807, 2.05) is 0 Å². The molecule has 0 atom stereocenters. The number of rotatable bonds is 5. The summed E-state index contributed by atoms with van der Waals surface area (Å²) in [6.07, 6.45) is 9.24. The molecule has 0 bridgehead atoms. The van der Waals surface area contributed by atoms with Gasteiger partial charge in [-0.2, -0.15) is 4.39 Å². The molecule has 1 heterocycles. The maximum atomic E-state index is 12.7. The Hall–Kier alpha value is -1.19. The van der Waals surface area contributed by atoms with Gasteiger partial charge in [-0.3, -0.25) is 0 Å². The molecule has 1 aromatic rings. The molecule has 2 rings (SSSR count). The molecule has 0 saturated heterocycles. The highest BCUT2D eigenvalue weighted by Crippen LogP contribution is 2.28. The lowest BCUT2D eigenvalue weighted by Crippen LogP contribution is -2.06. The fourth-order valence-electron chi connectivity index (χ4n) is 2.34. The first-order chi connectivity index (χ1) is 7.84. The number of nitrogens with zero attached hydrogens (tertiary/aromatic N) is 2. The van der Waals surface area contributed by atoms with Gasteiger partial charge >= 0.3 is 0 Å². The van der Waals surface area contributed by atoms with E-state index in [0.717, 1.165) is 18.9 Å². The molecule has 0 amide bonds. The lowest BCUT2D eigenvalue weighted by Gasteiger charge is -2.09. The van der Waals surface area contributed by atoms with Crippen molar-refractivity contribution in [2.24, 2.45) is 5.92 Å². The summed E-state index contributed by atoms with van der Waals surface area (Å²) in [6.45, 7) is 0.868. The Morgan fingerprint density at radius 1 is 1.31 bits per heavy atom. The topological polar surface area (TPSA) is 37.8 Å². The standard InChI is InChI=1S/C12H18FN3/c13-11-8-12(16-9-15-11)14-7-3-6-10-4-1-2-5-10/h8-10H,1-7H2,(H,14,15,16). The Morgan fingerprint density at radius 3 is 2.88 bits per heavy atom. The molecule has 0 aliphatic heterocycles. The van der Waals surface area contributed by atoms with Crippen LogP contribution in [0.25, 0.3) is 0 Å². The third-order valence-electron chi connectivity index (χ3n) is 3.20. The van der Waals surface area contributed by atoms with Crippen molar-refractivity contribution in [1.82, 2.24) is 9.97 Å². The van der Waals surface area contributed by atoms with Gasteiger partial charge in [0.2, 0.25) is 5.95 Å². The Kier molecular flexibility index (Phi) is 4.08. The molecule has 0 aromatic carbocycles. The van der Waals surface area contributed by atoms with Crippen molar-refractivity contribution in [3.05, 3.63) is 18.3 Å². The van der Waals surface area contributed by atoms with Crippen LogP contribution in [0.2, 0.25) is 0 Å². The third-order valence-corrected chi connectivity index (χ3v) is 3.20. The Bertz CT molecular complexity index is 324. The number of aromatic nitrogens is 2. The van der Waals surface area contributed by atoms with E-state index < -0.39 is 5.95 Å². The number of anilines is 1. The highest BCUT2D eigenvalue weighted by atomic mass is 19.1. The van der Waals surface area contributed by atoms with E-state index >= 15 is 0 Å². The quantitative estimate of drug-likeness (QED) is 0.616. The van der Waals surface area contributed by atoms with E-state index in [9.17, 15) is 4.39 Å². The summed E-state index contributed by atoms with van der Waals surface area (Å²) in [4.78, 5) is 7.36. The Labute approximate surface area is 95.5 Å². The van der Waals surface area contributed by atoms with Gasteiger partial charge in [0, 0.05) is 12.6 Å². The minimum Gasteiger partial charge on any atom is -0.370 e. The number of hydrogen-bond acceptors (Lipinski definition) is 3. The summed E-state index contributed by atoms with van der Waals surface area (Å²) in [5, 5.41) is 3.12. The maximum absolute atomic E-state index is 12.7. The molecular weight excluding hydrogens is 205 g/mol. The van der Waals surface area contributed by atoms with Crippen LogP contribution in [0.15, 0.2) is 12.4 Å². The van der Waals surface area contributed by atoms with Crippen LogP contribution in [0.3, 0.4) is 0 Å². The Balaban J connectivity index is 1.64. The molecule has 3 nitrogen and oxygen atoms in total. The van der Waals surface area contributed by atoms with Crippen LogP contribution in [-0.2, 0) is 0 Å². The van der Waals surface area contributed by atoms with Gasteiger partial charge in [0.1, 0.15) is 12.1 Å². The molecule has 0 unspecified atom stereocenters. The normalized spacial score (nSPS) is 16.6. The van der Waals surface area contributed by atoms with E-state index in [4.69, 9.17) is 0 Å². The number of halogens is 1. The lowest BCUT2D eigenvalue weighted by atomic mass is 10.0. The molecule has 1 N–H and O–H groups in total. The molecule has 1 aliphatic rings. The molecule has 1 aliphatic carbocycles. The van der Waals surface area contributed by atoms with Gasteiger partial charge in [-0.25, -0.2) is 9.97 Å². The van der Waals surface area contributed by atoms with Crippen molar-refractivity contribution in [2.75, 3.05) is 11.9 Å². The third kappa shape index (κ3) is 3.43. The largest absolute Gasteiger partial charge is 0.370 e. The molecule has 0 radical (unpaired) electrons. The summed E-state index contributed by atoms with van der Waals surface area (Å²) < 4.78 is 12.7. The molecule has 0 spiro atoms. The zero-order valence-corrected chi connectivity index (χ0v) is 9.45. The van der Waals surface area contributed by atoms with Gasteiger partial charge in [-0.05, 0) is 18.8 Å². The van der Waals surface area contributed by atoms with E-state index in [2.05, 4.69) is 15.3 Å². The van der Waals surface area contributed by atoms with Crippen molar-refractivity contribution in [1.29, 1.82) is 0 Å². The van der Waals surface area contributed by atoms with Gasteiger partial charge in [0.25, 0.3) is 0 Å². The molecule has 1 fully saturated rings. The summed E-state index contributed by atoms with van der Waals surface area (Å²) in [6, 6.07) is 1.33. The van der Waals surface area contributed by atoms with E-state index in [-0.39, 0.29) is 0 Å². The highest BCUT2D eigenvalue weighted by Gasteiger charge is 2.13. The van der Waals surface area contributed by atoms with Crippen LogP contribution in [-0.4, -0.2) is 16.5 Å².